The number of hydrogen-bond donors (Lipinski definition) is 3. The molecule has 2 rings (SSSR count). The van der Waals surface area contributed by atoms with Crippen LogP contribution in [0.2, 0.25) is 0 Å². The van der Waals surface area contributed by atoms with Crippen LogP contribution < -0.4 is 20.1 Å². The van der Waals surface area contributed by atoms with E-state index in [1.54, 1.807) is 14.2 Å². The number of guanidine groups is 1. The summed E-state index contributed by atoms with van der Waals surface area (Å²) in [5, 5.41) is 6.62. The smallest absolute Gasteiger partial charge is 0.209 e. The van der Waals surface area contributed by atoms with Crippen molar-refractivity contribution in [3.63, 3.8) is 0 Å². The fraction of sp³-hybridized carbons (Fsp3) is 0.650. The third-order valence-corrected chi connectivity index (χ3v) is 5.83. The number of benzene rings is 1. The van der Waals surface area contributed by atoms with Crippen LogP contribution in [0.1, 0.15) is 38.3 Å². The average molecular weight is 426 g/mol. The van der Waals surface area contributed by atoms with Gasteiger partial charge in [0.1, 0.15) is 5.75 Å². The SMILES string of the molecule is CN=C(NCC(c1cccc(OC)c1)N1CCCC1)NCC(C)(C)NS(C)(=O)=O. The molecule has 0 spiro atoms. The Hall–Kier alpha value is -1.84. The molecule has 29 heavy (non-hydrogen) atoms. The van der Waals surface area contributed by atoms with Crippen molar-refractivity contribution in [1.82, 2.24) is 20.3 Å². The van der Waals surface area contributed by atoms with E-state index in [0.29, 0.717) is 19.0 Å². The van der Waals surface area contributed by atoms with Gasteiger partial charge in [-0.15, -0.1) is 0 Å². The minimum atomic E-state index is -3.28. The number of nitrogens with one attached hydrogen (secondary N) is 3. The molecular formula is C20H35N5O3S. The van der Waals surface area contributed by atoms with Crippen molar-refractivity contribution in [2.45, 2.75) is 38.3 Å². The van der Waals surface area contributed by atoms with Crippen molar-refractivity contribution in [2.75, 3.05) is 46.6 Å². The fourth-order valence-corrected chi connectivity index (χ4v) is 4.69. The summed E-state index contributed by atoms with van der Waals surface area (Å²) in [5.41, 5.74) is 0.570. The zero-order valence-corrected chi connectivity index (χ0v) is 19.0. The van der Waals surface area contributed by atoms with Gasteiger partial charge in [0.25, 0.3) is 0 Å². The highest BCUT2D eigenvalue weighted by atomic mass is 32.2. The lowest BCUT2D eigenvalue weighted by atomic mass is 10.0. The van der Waals surface area contributed by atoms with Crippen LogP contribution in [0.25, 0.3) is 0 Å². The first-order valence-corrected chi connectivity index (χ1v) is 11.8. The van der Waals surface area contributed by atoms with Gasteiger partial charge in [-0.2, -0.15) is 0 Å². The Bertz CT molecular complexity index is 789. The number of aliphatic imine (C=N–C) groups is 1. The van der Waals surface area contributed by atoms with Crippen molar-refractivity contribution in [3.05, 3.63) is 29.8 Å². The van der Waals surface area contributed by atoms with E-state index in [1.165, 1.54) is 18.4 Å². The summed E-state index contributed by atoms with van der Waals surface area (Å²) in [7, 11) is 0.107. The van der Waals surface area contributed by atoms with Crippen molar-refractivity contribution in [1.29, 1.82) is 0 Å². The summed E-state index contributed by atoms with van der Waals surface area (Å²) in [5.74, 6) is 1.49. The Kier molecular flexibility index (Phi) is 8.30. The molecule has 1 atom stereocenters. The van der Waals surface area contributed by atoms with E-state index in [2.05, 4.69) is 37.4 Å². The Morgan fingerprint density at radius 1 is 1.28 bits per heavy atom. The second kappa shape index (κ2) is 10.3. The number of likely N-dealkylation sites (tertiary alicyclic amines) is 1. The molecule has 0 saturated carbocycles. The topological polar surface area (TPSA) is 95.1 Å². The van der Waals surface area contributed by atoms with Crippen molar-refractivity contribution in [2.24, 2.45) is 4.99 Å². The average Bonchev–Trinajstić information content (AvgIpc) is 3.17. The van der Waals surface area contributed by atoms with Crippen LogP contribution in [0.15, 0.2) is 29.3 Å². The molecule has 1 aliphatic rings. The van der Waals surface area contributed by atoms with E-state index in [4.69, 9.17) is 4.74 Å². The van der Waals surface area contributed by atoms with Crippen molar-refractivity contribution in [3.8, 4) is 5.75 Å². The van der Waals surface area contributed by atoms with Gasteiger partial charge in [-0.3, -0.25) is 9.89 Å². The molecule has 0 aliphatic carbocycles. The minimum absolute atomic E-state index is 0.202. The van der Waals surface area contributed by atoms with Gasteiger partial charge in [-0.25, -0.2) is 13.1 Å². The van der Waals surface area contributed by atoms with Gasteiger partial charge in [0, 0.05) is 25.7 Å². The summed E-state index contributed by atoms with van der Waals surface area (Å²) < 4.78 is 31.1. The van der Waals surface area contributed by atoms with Crippen LogP contribution in [0.3, 0.4) is 0 Å². The number of nitrogens with zero attached hydrogens (tertiary/aromatic N) is 2. The number of hydrogen-bond acceptors (Lipinski definition) is 5. The largest absolute Gasteiger partial charge is 0.497 e. The Labute approximate surface area is 175 Å². The molecule has 9 heteroatoms. The normalized spacial score (nSPS) is 17.2. The molecule has 1 fully saturated rings. The van der Waals surface area contributed by atoms with Gasteiger partial charge < -0.3 is 15.4 Å². The van der Waals surface area contributed by atoms with Crippen LogP contribution >= 0.6 is 0 Å². The maximum atomic E-state index is 11.5. The molecule has 1 aliphatic heterocycles. The summed E-state index contributed by atoms with van der Waals surface area (Å²) in [6.07, 6.45) is 3.58. The maximum Gasteiger partial charge on any atom is 0.209 e. The minimum Gasteiger partial charge on any atom is -0.497 e. The van der Waals surface area contributed by atoms with Crippen LogP contribution in [-0.2, 0) is 10.0 Å². The van der Waals surface area contributed by atoms with E-state index in [1.807, 2.05) is 26.0 Å². The van der Waals surface area contributed by atoms with Crippen LogP contribution in [0, 0.1) is 0 Å². The standard InChI is InChI=1S/C20H35N5O3S/c1-20(2,24-29(5,26)27)15-23-19(21-3)22-14-18(25-11-6-7-12-25)16-9-8-10-17(13-16)28-4/h8-10,13,18,24H,6-7,11-12,14-15H2,1-5H3,(H2,21,22,23). The van der Waals surface area contributed by atoms with Crippen LogP contribution in [0.5, 0.6) is 5.75 Å². The molecule has 0 aromatic heterocycles. The predicted molar refractivity (Wildman–Crippen MR) is 118 cm³/mol. The van der Waals surface area contributed by atoms with Gasteiger partial charge in [0.15, 0.2) is 5.96 Å². The van der Waals surface area contributed by atoms with E-state index in [9.17, 15) is 8.42 Å². The number of ether oxygens (including phenoxy) is 1. The lowest BCUT2D eigenvalue weighted by molar-refractivity contribution is 0.244. The van der Waals surface area contributed by atoms with Gasteiger partial charge in [-0.1, -0.05) is 12.1 Å². The quantitative estimate of drug-likeness (QED) is 0.408. The number of methoxy groups -OCH3 is 1. The lowest BCUT2D eigenvalue weighted by Crippen LogP contribution is -2.53. The molecular weight excluding hydrogens is 390 g/mol. The summed E-state index contributed by atoms with van der Waals surface area (Å²) in [4.78, 5) is 6.76. The summed E-state index contributed by atoms with van der Waals surface area (Å²) in [6, 6.07) is 8.38. The molecule has 0 radical (unpaired) electrons. The molecule has 1 saturated heterocycles. The molecule has 164 valence electrons. The van der Waals surface area contributed by atoms with Crippen LogP contribution in [-0.4, -0.2) is 71.4 Å². The number of sulfonamides is 1. The van der Waals surface area contributed by atoms with E-state index >= 15 is 0 Å². The molecule has 3 N–H and O–H groups in total. The molecule has 0 bridgehead atoms. The third-order valence-electron chi connectivity index (χ3n) is 4.91. The van der Waals surface area contributed by atoms with Gasteiger partial charge in [0.2, 0.25) is 10.0 Å². The first kappa shape index (κ1) is 23.4. The van der Waals surface area contributed by atoms with Crippen molar-refractivity contribution < 1.29 is 13.2 Å². The molecule has 1 unspecified atom stereocenters. The first-order chi connectivity index (χ1) is 13.6. The van der Waals surface area contributed by atoms with E-state index in [-0.39, 0.29) is 6.04 Å². The highest BCUT2D eigenvalue weighted by molar-refractivity contribution is 7.88. The molecule has 1 heterocycles. The fourth-order valence-electron chi connectivity index (χ4n) is 3.62. The van der Waals surface area contributed by atoms with Crippen molar-refractivity contribution >= 4 is 16.0 Å². The summed E-state index contributed by atoms with van der Waals surface area (Å²) in [6.45, 7) is 6.90. The van der Waals surface area contributed by atoms with Gasteiger partial charge >= 0.3 is 0 Å². The Morgan fingerprint density at radius 3 is 2.55 bits per heavy atom. The number of rotatable bonds is 9. The first-order valence-electron chi connectivity index (χ1n) is 9.95. The zero-order chi connectivity index (χ0) is 21.5. The Balaban J connectivity index is 2.03. The zero-order valence-electron chi connectivity index (χ0n) is 18.2. The highest BCUT2D eigenvalue weighted by Crippen LogP contribution is 2.27. The predicted octanol–water partition coefficient (Wildman–Crippen LogP) is 1.32. The second-order valence-corrected chi connectivity index (χ2v) is 9.85. The molecule has 8 nitrogen and oxygen atoms in total. The maximum absolute atomic E-state index is 11.5. The summed E-state index contributed by atoms with van der Waals surface area (Å²) >= 11 is 0. The van der Waals surface area contributed by atoms with Gasteiger partial charge in [0.05, 0.1) is 19.4 Å². The van der Waals surface area contributed by atoms with E-state index < -0.39 is 15.6 Å². The second-order valence-electron chi connectivity index (χ2n) is 8.10. The molecule has 1 aromatic carbocycles. The monoisotopic (exact) mass is 425 g/mol. The van der Waals surface area contributed by atoms with Gasteiger partial charge in [-0.05, 0) is 57.5 Å². The molecule has 1 aromatic rings. The van der Waals surface area contributed by atoms with E-state index in [0.717, 1.165) is 25.1 Å². The van der Waals surface area contributed by atoms with Crippen LogP contribution in [0.4, 0.5) is 0 Å². The Morgan fingerprint density at radius 2 is 1.97 bits per heavy atom. The third kappa shape index (κ3) is 7.83. The highest BCUT2D eigenvalue weighted by Gasteiger charge is 2.25. The lowest BCUT2D eigenvalue weighted by Gasteiger charge is -2.30. The molecule has 0 amide bonds.